The number of benzene rings is 3. The first-order chi connectivity index (χ1) is 32.2. The van der Waals surface area contributed by atoms with E-state index in [2.05, 4.69) is 31.2 Å². The highest BCUT2D eigenvalue weighted by molar-refractivity contribution is 7.90. The lowest BCUT2D eigenvalue weighted by atomic mass is 9.82. The molecule has 3 N–H and O–H groups in total. The molecule has 4 saturated heterocycles. The third kappa shape index (κ3) is 8.62. The van der Waals surface area contributed by atoms with E-state index < -0.39 is 69.4 Å². The van der Waals surface area contributed by atoms with Crippen molar-refractivity contribution in [3.05, 3.63) is 107 Å². The summed E-state index contributed by atoms with van der Waals surface area (Å²) in [5.41, 5.74) is 2.43. The van der Waals surface area contributed by atoms with Crippen LogP contribution in [0.2, 0.25) is 0 Å². The number of nitrogens with zero attached hydrogens (tertiary/aromatic N) is 5. The number of amides is 3. The van der Waals surface area contributed by atoms with Crippen LogP contribution in [0.3, 0.4) is 0 Å². The average Bonchev–Trinajstić information content (AvgIpc) is 4.04. The van der Waals surface area contributed by atoms with Gasteiger partial charge in [0.2, 0.25) is 17.6 Å². The van der Waals surface area contributed by atoms with Crippen molar-refractivity contribution in [3.8, 4) is 11.1 Å². The zero-order valence-electron chi connectivity index (χ0n) is 36.4. The summed E-state index contributed by atoms with van der Waals surface area (Å²) in [7, 11) is -4.39. The minimum absolute atomic E-state index is 0.0162. The second-order valence-electron chi connectivity index (χ2n) is 18.3. The molecule has 0 spiro atoms. The highest BCUT2D eigenvalue weighted by Gasteiger charge is 2.40. The third-order valence-electron chi connectivity index (χ3n) is 14.2. The molecule has 10 rings (SSSR count). The molecule has 19 heteroatoms. The number of imide groups is 1. The lowest BCUT2D eigenvalue weighted by Gasteiger charge is -2.38. The van der Waals surface area contributed by atoms with Crippen molar-refractivity contribution in [2.24, 2.45) is 11.8 Å². The quantitative estimate of drug-likeness (QED) is 0.0728. The summed E-state index contributed by atoms with van der Waals surface area (Å²) in [5, 5.41) is 2.57. The summed E-state index contributed by atoms with van der Waals surface area (Å²) < 4.78 is 89.0. The number of aromatic nitrogens is 2. The number of halogens is 4. The van der Waals surface area contributed by atoms with E-state index in [1.807, 2.05) is 16.9 Å². The highest BCUT2D eigenvalue weighted by Crippen LogP contribution is 2.37. The summed E-state index contributed by atoms with van der Waals surface area (Å²) >= 11 is 0. The number of rotatable bonds is 11. The first-order valence-corrected chi connectivity index (χ1v) is 24.1. The molecule has 0 radical (unpaired) electrons. The molecule has 4 fully saturated rings. The largest absolute Gasteiger partial charge is 0.372 e. The normalized spacial score (nSPS) is 21.1. The molecular formula is C48H48F4N8O6S. The first-order valence-electron chi connectivity index (χ1n) is 22.7. The molecule has 5 aliphatic heterocycles. The molecule has 2 aromatic heterocycles. The van der Waals surface area contributed by atoms with Gasteiger partial charge in [0, 0.05) is 92.4 Å². The van der Waals surface area contributed by atoms with Crippen LogP contribution in [0, 0.1) is 29.3 Å². The molecule has 0 bridgehead atoms. The Balaban J connectivity index is 0.743. The SMILES string of the molecule is O=C1CCC(N2Cc3cc(N4CCC(CC5CCN(c6ccc(-c7cnc8[nH]cc(C(=O)c9c(F)ccc(NS(=O)(=O)N%10CC[C@@H](F)C%10)c9F)c8c7)cc6F)CC5)CC4)ccc3C2=O)C(=O)N1. The zero-order chi connectivity index (χ0) is 46.7. The monoisotopic (exact) mass is 940 g/mol. The van der Waals surface area contributed by atoms with Gasteiger partial charge in [-0.2, -0.15) is 12.7 Å². The van der Waals surface area contributed by atoms with Crippen LogP contribution in [0.15, 0.2) is 67.0 Å². The van der Waals surface area contributed by atoms with E-state index >= 15 is 13.2 Å². The van der Waals surface area contributed by atoms with Gasteiger partial charge in [-0.05, 0) is 116 Å². The van der Waals surface area contributed by atoms with Gasteiger partial charge >= 0.3 is 10.2 Å². The van der Waals surface area contributed by atoms with Crippen molar-refractivity contribution < 1.29 is 45.2 Å². The molecule has 1 unspecified atom stereocenters. The van der Waals surface area contributed by atoms with Gasteiger partial charge < -0.3 is 19.7 Å². The molecule has 7 heterocycles. The zero-order valence-corrected chi connectivity index (χ0v) is 37.2. The molecule has 3 aromatic carbocycles. The van der Waals surface area contributed by atoms with Crippen molar-refractivity contribution in [1.29, 1.82) is 0 Å². The standard InChI is InChI=1S/C48H48F4N8O6S/c49-32-13-18-59(26-32)67(65,66)56-39-5-4-37(50)43(44(39)52)45(62)36-24-54-46-35(36)21-30(23-53-46)29-1-6-40(38(51)22-29)58-16-11-28(12-17-58)19-27-9-14-57(15-10-27)33-2-3-34-31(20-33)25-60(48(34)64)41-7-8-42(61)55-47(41)63/h1-6,20-24,27-28,32,41,56H,7-19,25-26H2,(H,53,54)(H,55,61,63)/t32-,41?/m1/s1. The van der Waals surface area contributed by atoms with E-state index in [4.69, 9.17) is 0 Å². The minimum Gasteiger partial charge on any atom is -0.372 e. The van der Waals surface area contributed by atoms with E-state index in [0.29, 0.717) is 60.3 Å². The number of hydrogen-bond donors (Lipinski definition) is 3. The fourth-order valence-electron chi connectivity index (χ4n) is 10.4. The van der Waals surface area contributed by atoms with Gasteiger partial charge in [0.15, 0.2) is 5.82 Å². The Kier molecular flexibility index (Phi) is 11.8. The first kappa shape index (κ1) is 44.5. The van der Waals surface area contributed by atoms with Gasteiger partial charge in [0.05, 0.1) is 16.9 Å². The van der Waals surface area contributed by atoms with Gasteiger partial charge in [-0.3, -0.25) is 29.2 Å². The number of anilines is 3. The van der Waals surface area contributed by atoms with Crippen molar-refractivity contribution in [1.82, 2.24) is 24.5 Å². The maximum absolute atomic E-state index is 15.9. The number of nitrogens with one attached hydrogen (secondary N) is 3. The average molecular weight is 941 g/mol. The Bertz CT molecular complexity index is 2930. The van der Waals surface area contributed by atoms with Crippen LogP contribution < -0.4 is 19.8 Å². The number of hydrogen-bond acceptors (Lipinski definition) is 9. The van der Waals surface area contributed by atoms with Crippen LogP contribution in [0.25, 0.3) is 22.2 Å². The molecule has 3 amide bonds. The Hall–Kier alpha value is -6.34. The minimum atomic E-state index is -4.39. The number of piperidine rings is 3. The molecule has 14 nitrogen and oxygen atoms in total. The van der Waals surface area contributed by atoms with E-state index in [1.54, 1.807) is 23.1 Å². The number of carbonyl (C=O) groups is 4. The van der Waals surface area contributed by atoms with Crippen LogP contribution >= 0.6 is 0 Å². The third-order valence-corrected chi connectivity index (χ3v) is 15.6. The molecule has 350 valence electrons. The summed E-state index contributed by atoms with van der Waals surface area (Å²) in [4.78, 5) is 64.2. The summed E-state index contributed by atoms with van der Waals surface area (Å²) in [6.45, 7) is 3.03. The summed E-state index contributed by atoms with van der Waals surface area (Å²) in [5.74, 6) is -3.95. The van der Waals surface area contributed by atoms with E-state index in [1.165, 1.54) is 18.5 Å². The Morgan fingerprint density at radius 2 is 1.57 bits per heavy atom. The van der Waals surface area contributed by atoms with E-state index in [-0.39, 0.29) is 47.8 Å². The Morgan fingerprint density at radius 1 is 0.821 bits per heavy atom. The Labute approximate surface area is 383 Å². The maximum atomic E-state index is 15.9. The molecule has 5 aromatic rings. The highest BCUT2D eigenvalue weighted by atomic mass is 32.2. The predicted octanol–water partition coefficient (Wildman–Crippen LogP) is 6.86. The van der Waals surface area contributed by atoms with E-state index in [0.717, 1.165) is 72.9 Å². The number of carbonyl (C=O) groups excluding carboxylic acids is 4. The second-order valence-corrected chi connectivity index (χ2v) is 20.0. The predicted molar refractivity (Wildman–Crippen MR) is 242 cm³/mol. The molecule has 0 aliphatic carbocycles. The number of fused-ring (bicyclic) bond motifs is 2. The van der Waals surface area contributed by atoms with Crippen LogP contribution in [0.4, 0.5) is 34.6 Å². The van der Waals surface area contributed by atoms with Crippen LogP contribution in [-0.4, -0.2) is 103 Å². The molecule has 2 atom stereocenters. The molecule has 0 saturated carbocycles. The molecular weight excluding hydrogens is 893 g/mol. The van der Waals surface area contributed by atoms with Gasteiger partial charge in [-0.1, -0.05) is 6.07 Å². The fourth-order valence-corrected chi connectivity index (χ4v) is 11.7. The number of pyridine rings is 1. The lowest BCUT2D eigenvalue weighted by molar-refractivity contribution is -0.136. The number of alkyl halides is 1. The number of aromatic amines is 1. The van der Waals surface area contributed by atoms with Gasteiger partial charge in [-0.25, -0.2) is 22.5 Å². The number of H-pyrrole nitrogens is 1. The van der Waals surface area contributed by atoms with Crippen LogP contribution in [-0.2, 0) is 26.3 Å². The van der Waals surface area contributed by atoms with Gasteiger partial charge in [0.1, 0.15) is 29.5 Å². The molecule has 67 heavy (non-hydrogen) atoms. The smallest absolute Gasteiger partial charge is 0.301 e. The number of ketones is 1. The lowest BCUT2D eigenvalue weighted by Crippen LogP contribution is -2.52. The van der Waals surface area contributed by atoms with Gasteiger partial charge in [-0.15, -0.1) is 0 Å². The molecule has 5 aliphatic rings. The fraction of sp³-hybridized carbons (Fsp3) is 0.396. The van der Waals surface area contributed by atoms with Gasteiger partial charge in [0.25, 0.3) is 5.91 Å². The van der Waals surface area contributed by atoms with E-state index in [9.17, 15) is 32.0 Å². The maximum Gasteiger partial charge on any atom is 0.301 e. The summed E-state index contributed by atoms with van der Waals surface area (Å²) in [6, 6.07) is 13.4. The summed E-state index contributed by atoms with van der Waals surface area (Å²) in [6.07, 6.45) is 6.97. The van der Waals surface area contributed by atoms with Crippen molar-refractivity contribution in [2.45, 2.75) is 70.1 Å². The van der Waals surface area contributed by atoms with Crippen molar-refractivity contribution in [2.75, 3.05) is 53.8 Å². The van der Waals surface area contributed by atoms with Crippen LogP contribution in [0.5, 0.6) is 0 Å². The van der Waals surface area contributed by atoms with Crippen molar-refractivity contribution in [3.63, 3.8) is 0 Å². The topological polar surface area (TPSA) is 168 Å². The Morgan fingerprint density at radius 3 is 2.27 bits per heavy atom. The second kappa shape index (κ2) is 17.7. The van der Waals surface area contributed by atoms with Crippen LogP contribution in [0.1, 0.15) is 83.2 Å². The van der Waals surface area contributed by atoms with Crippen molar-refractivity contribution >= 4 is 61.8 Å².